The maximum atomic E-state index is 11.2. The molecule has 0 bridgehead atoms. The summed E-state index contributed by atoms with van der Waals surface area (Å²) in [6, 6.07) is 0. The van der Waals surface area contributed by atoms with Crippen LogP contribution in [0.2, 0.25) is 0 Å². The summed E-state index contributed by atoms with van der Waals surface area (Å²) in [6.07, 6.45) is 20.5. The first-order valence-corrected chi connectivity index (χ1v) is 12.6. The summed E-state index contributed by atoms with van der Waals surface area (Å²) in [6.45, 7) is 3.35. The van der Waals surface area contributed by atoms with Crippen molar-refractivity contribution >= 4 is 18.5 Å². The number of unbranched alkanes of at least 4 members (excludes halogenated alkanes) is 2. The lowest BCUT2D eigenvalue weighted by Crippen LogP contribution is -2.33. The number of hydrogen-bond acceptors (Lipinski definition) is 3. The smallest absolute Gasteiger partial charge is 0.229 e. The fraction of sp³-hybridized carbons (Fsp3) is 0.800. The van der Waals surface area contributed by atoms with Gasteiger partial charge >= 0.3 is 0 Å². The van der Waals surface area contributed by atoms with Crippen molar-refractivity contribution < 1.29 is 9.90 Å². The fourth-order valence-electron chi connectivity index (χ4n) is 6.24. The molecule has 3 rings (SSSR count). The van der Waals surface area contributed by atoms with Crippen LogP contribution in [0, 0.1) is 17.3 Å². The van der Waals surface area contributed by atoms with E-state index in [0.717, 1.165) is 44.1 Å². The molecule has 29 heavy (non-hydrogen) atoms. The van der Waals surface area contributed by atoms with Gasteiger partial charge in [0.05, 0.1) is 11.9 Å². The lowest BCUT2D eigenvalue weighted by molar-refractivity contribution is -0.118. The molecule has 0 spiro atoms. The molecule has 4 unspecified atom stereocenters. The minimum absolute atomic E-state index is 0.0405. The summed E-state index contributed by atoms with van der Waals surface area (Å²) >= 11 is 4.00. The largest absolute Gasteiger partial charge is 0.393 e. The van der Waals surface area contributed by atoms with E-state index >= 15 is 0 Å². The average Bonchev–Trinajstić information content (AvgIpc) is 3.05. The highest BCUT2D eigenvalue weighted by Crippen LogP contribution is 2.58. The van der Waals surface area contributed by atoms with Crippen LogP contribution in [0.15, 0.2) is 23.3 Å². The zero-order valence-electron chi connectivity index (χ0n) is 18.3. The number of amides is 1. The van der Waals surface area contributed by atoms with Crippen LogP contribution >= 0.6 is 12.6 Å². The second kappa shape index (κ2) is 11.0. The van der Waals surface area contributed by atoms with Gasteiger partial charge in [0, 0.05) is 6.54 Å². The van der Waals surface area contributed by atoms with E-state index in [4.69, 9.17) is 0 Å². The molecule has 0 aromatic rings. The lowest BCUT2D eigenvalue weighted by atomic mass is 9.62. The molecule has 164 valence electrons. The van der Waals surface area contributed by atoms with Crippen molar-refractivity contribution in [2.45, 2.75) is 96.5 Å². The fourth-order valence-corrected chi connectivity index (χ4v) is 6.36. The number of carbonyl (C=O) groups excluding carboxylic acids is 1. The molecular formula is C25H41NO2S. The van der Waals surface area contributed by atoms with E-state index in [9.17, 15) is 9.90 Å². The predicted molar refractivity (Wildman–Crippen MR) is 124 cm³/mol. The Labute approximate surface area is 183 Å². The molecule has 0 aromatic carbocycles. The summed E-state index contributed by atoms with van der Waals surface area (Å²) in [5.41, 5.74) is 3.61. The molecule has 4 atom stereocenters. The number of nitrogens with one attached hydrogen (secondary N) is 1. The van der Waals surface area contributed by atoms with Gasteiger partial charge in [0.2, 0.25) is 5.91 Å². The van der Waals surface area contributed by atoms with Crippen molar-refractivity contribution in [2.75, 3.05) is 12.3 Å². The third-order valence-corrected chi connectivity index (χ3v) is 8.21. The van der Waals surface area contributed by atoms with Crippen molar-refractivity contribution in [1.82, 2.24) is 5.32 Å². The van der Waals surface area contributed by atoms with Gasteiger partial charge in [-0.05, 0) is 87.9 Å². The van der Waals surface area contributed by atoms with Crippen LogP contribution < -0.4 is 5.32 Å². The van der Waals surface area contributed by atoms with Crippen LogP contribution in [0.4, 0.5) is 0 Å². The molecule has 3 aliphatic carbocycles. The second-order valence-electron chi connectivity index (χ2n) is 9.86. The van der Waals surface area contributed by atoms with Gasteiger partial charge in [0.1, 0.15) is 0 Å². The Balaban J connectivity index is 1.50. The Bertz CT molecular complexity index is 614. The molecule has 3 fully saturated rings. The minimum Gasteiger partial charge on any atom is -0.393 e. The summed E-state index contributed by atoms with van der Waals surface area (Å²) in [4.78, 5) is 11.2. The molecule has 3 nitrogen and oxygen atoms in total. The van der Waals surface area contributed by atoms with Gasteiger partial charge in [0.25, 0.3) is 0 Å². The molecular weight excluding hydrogens is 378 g/mol. The quantitative estimate of drug-likeness (QED) is 0.354. The monoisotopic (exact) mass is 419 g/mol. The number of aliphatic hydroxyl groups excluding tert-OH is 1. The Morgan fingerprint density at radius 3 is 2.83 bits per heavy atom. The van der Waals surface area contributed by atoms with E-state index < -0.39 is 0 Å². The molecule has 0 saturated heterocycles. The topological polar surface area (TPSA) is 49.3 Å². The van der Waals surface area contributed by atoms with Crippen LogP contribution in [0.25, 0.3) is 0 Å². The molecule has 0 aromatic heterocycles. The highest BCUT2D eigenvalue weighted by atomic mass is 32.1. The summed E-state index contributed by atoms with van der Waals surface area (Å²) in [7, 11) is 0. The van der Waals surface area contributed by atoms with E-state index in [1.807, 2.05) is 0 Å². The van der Waals surface area contributed by atoms with Crippen molar-refractivity contribution in [3.63, 3.8) is 0 Å². The number of thiol groups is 1. The number of aliphatic hydroxyl groups is 1. The van der Waals surface area contributed by atoms with Gasteiger partial charge in [-0.1, -0.05) is 43.1 Å². The van der Waals surface area contributed by atoms with Gasteiger partial charge in [-0.2, -0.15) is 12.6 Å². The third-order valence-electron chi connectivity index (χ3n) is 7.92. The Morgan fingerprint density at radius 1 is 1.17 bits per heavy atom. The van der Waals surface area contributed by atoms with E-state index in [2.05, 4.69) is 37.0 Å². The minimum atomic E-state index is -0.118. The van der Waals surface area contributed by atoms with Crippen molar-refractivity contribution in [2.24, 2.45) is 17.3 Å². The first kappa shape index (κ1) is 22.9. The maximum absolute atomic E-state index is 11.2. The first-order chi connectivity index (χ1) is 14.0. The van der Waals surface area contributed by atoms with Crippen LogP contribution in [-0.4, -0.2) is 29.4 Å². The summed E-state index contributed by atoms with van der Waals surface area (Å²) < 4.78 is 0. The standard InChI is InChI=1S/C25H41NO2S/c1-25-15-6-8-20(12-11-19-7-5-10-22(27)17-19)23(25)14-13-21(25)9-3-2-4-16-26-24(28)18-29/h11-12,21-23,27,29H,2-10,13-18H2,1H3,(H,26,28)/b19-11-,20-12+. The van der Waals surface area contributed by atoms with Crippen molar-refractivity contribution in [3.05, 3.63) is 23.3 Å². The molecule has 0 radical (unpaired) electrons. The maximum Gasteiger partial charge on any atom is 0.229 e. The molecule has 0 aliphatic heterocycles. The van der Waals surface area contributed by atoms with Gasteiger partial charge in [-0.25, -0.2) is 0 Å². The molecule has 3 saturated carbocycles. The zero-order valence-corrected chi connectivity index (χ0v) is 19.2. The number of carbonyl (C=O) groups is 1. The third kappa shape index (κ3) is 6.13. The van der Waals surface area contributed by atoms with Crippen molar-refractivity contribution in [3.8, 4) is 0 Å². The number of fused-ring (bicyclic) bond motifs is 1. The van der Waals surface area contributed by atoms with Gasteiger partial charge in [-0.15, -0.1) is 0 Å². The zero-order chi connectivity index (χ0) is 20.7. The Morgan fingerprint density at radius 2 is 2.03 bits per heavy atom. The van der Waals surface area contributed by atoms with Crippen LogP contribution in [-0.2, 0) is 4.79 Å². The summed E-state index contributed by atoms with van der Waals surface area (Å²) in [5.74, 6) is 1.95. The average molecular weight is 420 g/mol. The Hall–Kier alpha value is -0.740. The molecule has 1 amide bonds. The van der Waals surface area contributed by atoms with E-state index in [0.29, 0.717) is 5.41 Å². The van der Waals surface area contributed by atoms with Crippen LogP contribution in [0.3, 0.4) is 0 Å². The number of rotatable bonds is 8. The normalized spacial score (nSPS) is 35.1. The molecule has 2 N–H and O–H groups in total. The second-order valence-corrected chi connectivity index (χ2v) is 10.2. The lowest BCUT2D eigenvalue weighted by Gasteiger charge is -2.42. The van der Waals surface area contributed by atoms with E-state index in [1.165, 1.54) is 63.4 Å². The molecule has 4 heteroatoms. The molecule has 0 heterocycles. The summed E-state index contributed by atoms with van der Waals surface area (Å²) in [5, 5.41) is 12.9. The van der Waals surface area contributed by atoms with Gasteiger partial charge < -0.3 is 10.4 Å². The number of hydrogen-bond donors (Lipinski definition) is 3. The van der Waals surface area contributed by atoms with Gasteiger partial charge in [0.15, 0.2) is 0 Å². The Kier molecular flexibility index (Phi) is 8.73. The first-order valence-electron chi connectivity index (χ1n) is 12.0. The van der Waals surface area contributed by atoms with Crippen LogP contribution in [0.1, 0.15) is 90.4 Å². The van der Waals surface area contributed by atoms with Crippen molar-refractivity contribution in [1.29, 1.82) is 0 Å². The highest BCUT2D eigenvalue weighted by Gasteiger charge is 2.48. The van der Waals surface area contributed by atoms with Crippen LogP contribution in [0.5, 0.6) is 0 Å². The SMILES string of the molecule is CC12CCC/C(=C\C=C3\CCCC(O)C3)C1CCC2CCCCCNC(=O)CS. The van der Waals surface area contributed by atoms with Gasteiger partial charge in [-0.3, -0.25) is 4.79 Å². The molecule has 3 aliphatic rings. The number of allylic oxidation sites excluding steroid dienone is 3. The highest BCUT2D eigenvalue weighted by molar-refractivity contribution is 7.81. The van der Waals surface area contributed by atoms with E-state index in [1.54, 1.807) is 5.57 Å². The van der Waals surface area contributed by atoms with E-state index in [-0.39, 0.29) is 17.8 Å². The predicted octanol–water partition coefficient (Wildman–Crippen LogP) is 5.60.